The molecule has 6 nitrogen and oxygen atoms in total. The number of hydrogen-bond donors (Lipinski definition) is 0. The molecule has 0 aliphatic carbocycles. The van der Waals surface area contributed by atoms with E-state index in [0.717, 1.165) is 19.3 Å². The molecule has 0 saturated heterocycles. The molecular weight excluding hydrogens is 264 g/mol. The van der Waals surface area contributed by atoms with Crippen molar-refractivity contribution in [2.45, 2.75) is 58.3 Å². The lowest BCUT2D eigenvalue weighted by atomic mass is 10.2. The van der Waals surface area contributed by atoms with Gasteiger partial charge in [0.2, 0.25) is 6.29 Å². The number of carbonyl (C=O) groups is 2. The van der Waals surface area contributed by atoms with Crippen LogP contribution in [0.5, 0.6) is 0 Å². The van der Waals surface area contributed by atoms with Gasteiger partial charge in [0.1, 0.15) is 6.42 Å². The molecule has 0 aromatic carbocycles. The number of methoxy groups -OCH3 is 2. The number of rotatable bonds is 11. The van der Waals surface area contributed by atoms with Crippen molar-refractivity contribution in [2.24, 2.45) is 0 Å². The maximum Gasteiger partial charge on any atom is 0.319 e. The largest absolute Gasteiger partial charge is 0.462 e. The molecule has 20 heavy (non-hydrogen) atoms. The third-order valence-electron chi connectivity index (χ3n) is 2.67. The van der Waals surface area contributed by atoms with Crippen LogP contribution in [0.15, 0.2) is 0 Å². The van der Waals surface area contributed by atoms with Gasteiger partial charge in [-0.2, -0.15) is 0 Å². The van der Waals surface area contributed by atoms with E-state index in [4.69, 9.17) is 18.9 Å². The SMILES string of the molecule is CCCCC(C)OC(=O)CC(=O)OC(CCOC)OC. The number of esters is 2. The zero-order valence-electron chi connectivity index (χ0n) is 12.8. The van der Waals surface area contributed by atoms with Gasteiger partial charge in [-0.05, 0) is 13.3 Å². The molecule has 0 heterocycles. The van der Waals surface area contributed by atoms with Crippen molar-refractivity contribution in [1.82, 2.24) is 0 Å². The van der Waals surface area contributed by atoms with Crippen LogP contribution in [-0.4, -0.2) is 45.2 Å². The average molecular weight is 290 g/mol. The fourth-order valence-electron chi connectivity index (χ4n) is 1.56. The van der Waals surface area contributed by atoms with Crippen LogP contribution in [0.25, 0.3) is 0 Å². The van der Waals surface area contributed by atoms with E-state index in [2.05, 4.69) is 6.92 Å². The fraction of sp³-hybridized carbons (Fsp3) is 0.857. The standard InChI is InChI=1S/C14H26O6/c1-5-6-7-11(2)19-12(15)10-13(16)20-14(18-4)8-9-17-3/h11,14H,5-10H2,1-4H3. The molecule has 0 spiro atoms. The van der Waals surface area contributed by atoms with Crippen LogP contribution in [0, 0.1) is 0 Å². The second-order valence-electron chi connectivity index (χ2n) is 4.56. The third kappa shape index (κ3) is 9.75. The summed E-state index contributed by atoms with van der Waals surface area (Å²) in [6.07, 6.45) is 1.96. The highest BCUT2D eigenvalue weighted by Crippen LogP contribution is 2.07. The minimum atomic E-state index is -0.701. The van der Waals surface area contributed by atoms with E-state index in [9.17, 15) is 9.59 Å². The van der Waals surface area contributed by atoms with Gasteiger partial charge in [0, 0.05) is 20.6 Å². The Kier molecular flexibility index (Phi) is 11.0. The molecule has 0 saturated carbocycles. The molecule has 0 aliphatic rings. The van der Waals surface area contributed by atoms with Crippen molar-refractivity contribution < 1.29 is 28.5 Å². The Balaban J connectivity index is 3.96. The van der Waals surface area contributed by atoms with E-state index in [1.807, 2.05) is 6.92 Å². The summed E-state index contributed by atoms with van der Waals surface area (Å²) in [5.74, 6) is -1.22. The number of carbonyl (C=O) groups excluding carboxylic acids is 2. The molecule has 0 aromatic heterocycles. The summed E-state index contributed by atoms with van der Waals surface area (Å²) in [6.45, 7) is 4.29. The van der Waals surface area contributed by atoms with E-state index in [1.54, 1.807) is 7.11 Å². The second-order valence-corrected chi connectivity index (χ2v) is 4.56. The lowest BCUT2D eigenvalue weighted by Gasteiger charge is -2.16. The van der Waals surface area contributed by atoms with Crippen molar-refractivity contribution in [1.29, 1.82) is 0 Å². The maximum absolute atomic E-state index is 11.5. The topological polar surface area (TPSA) is 71.1 Å². The van der Waals surface area contributed by atoms with Crippen molar-refractivity contribution in [2.75, 3.05) is 20.8 Å². The number of ether oxygens (including phenoxy) is 4. The van der Waals surface area contributed by atoms with E-state index >= 15 is 0 Å². The van der Waals surface area contributed by atoms with Gasteiger partial charge in [-0.3, -0.25) is 9.59 Å². The van der Waals surface area contributed by atoms with E-state index < -0.39 is 24.6 Å². The first-order chi connectivity index (χ1) is 9.53. The Labute approximate surface area is 120 Å². The Morgan fingerprint density at radius 1 is 1.05 bits per heavy atom. The fourth-order valence-corrected chi connectivity index (χ4v) is 1.56. The van der Waals surface area contributed by atoms with Crippen LogP contribution in [-0.2, 0) is 28.5 Å². The molecule has 2 atom stereocenters. The molecule has 2 unspecified atom stereocenters. The molecule has 0 fully saturated rings. The van der Waals surface area contributed by atoms with Crippen LogP contribution in [0.2, 0.25) is 0 Å². The Morgan fingerprint density at radius 2 is 1.70 bits per heavy atom. The van der Waals surface area contributed by atoms with Gasteiger partial charge in [-0.15, -0.1) is 0 Å². The van der Waals surface area contributed by atoms with Gasteiger partial charge in [0.05, 0.1) is 12.7 Å². The van der Waals surface area contributed by atoms with Crippen LogP contribution < -0.4 is 0 Å². The highest BCUT2D eigenvalue weighted by molar-refractivity contribution is 5.91. The van der Waals surface area contributed by atoms with Crippen molar-refractivity contribution >= 4 is 11.9 Å². The van der Waals surface area contributed by atoms with Gasteiger partial charge < -0.3 is 18.9 Å². The smallest absolute Gasteiger partial charge is 0.319 e. The highest BCUT2D eigenvalue weighted by Gasteiger charge is 2.19. The predicted octanol–water partition coefficient (Wildman–Crippen LogP) is 2.05. The lowest BCUT2D eigenvalue weighted by Crippen LogP contribution is -2.25. The summed E-state index contributed by atoms with van der Waals surface area (Å²) in [5.41, 5.74) is 0. The van der Waals surface area contributed by atoms with Crippen LogP contribution in [0.4, 0.5) is 0 Å². The molecule has 6 heteroatoms. The van der Waals surface area contributed by atoms with Gasteiger partial charge in [0.25, 0.3) is 0 Å². The normalized spacial score (nSPS) is 13.6. The molecular formula is C14H26O6. The summed E-state index contributed by atoms with van der Waals surface area (Å²) >= 11 is 0. The average Bonchev–Trinajstić information content (AvgIpc) is 2.40. The summed E-state index contributed by atoms with van der Waals surface area (Å²) < 4.78 is 19.9. The van der Waals surface area contributed by atoms with Crippen LogP contribution in [0.1, 0.15) is 46.0 Å². The Hall–Kier alpha value is -1.14. The van der Waals surface area contributed by atoms with Crippen LogP contribution in [0.3, 0.4) is 0 Å². The summed E-state index contributed by atoms with van der Waals surface area (Å²) in [7, 11) is 2.97. The quantitative estimate of drug-likeness (QED) is 0.329. The van der Waals surface area contributed by atoms with Crippen molar-refractivity contribution in [3.05, 3.63) is 0 Å². The Bertz CT molecular complexity index is 279. The zero-order chi connectivity index (χ0) is 15.4. The monoisotopic (exact) mass is 290 g/mol. The molecule has 0 aromatic rings. The van der Waals surface area contributed by atoms with Gasteiger partial charge in [0.15, 0.2) is 0 Å². The van der Waals surface area contributed by atoms with E-state index in [-0.39, 0.29) is 6.10 Å². The summed E-state index contributed by atoms with van der Waals surface area (Å²) in [5, 5.41) is 0. The number of hydrogen-bond acceptors (Lipinski definition) is 6. The molecule has 0 amide bonds. The minimum absolute atomic E-state index is 0.179. The highest BCUT2D eigenvalue weighted by atomic mass is 16.7. The first-order valence-electron chi connectivity index (χ1n) is 6.94. The third-order valence-corrected chi connectivity index (χ3v) is 2.67. The summed E-state index contributed by atoms with van der Waals surface area (Å²) in [4.78, 5) is 23.1. The van der Waals surface area contributed by atoms with E-state index in [1.165, 1.54) is 7.11 Å². The molecule has 0 radical (unpaired) electrons. The van der Waals surface area contributed by atoms with Gasteiger partial charge >= 0.3 is 11.9 Å². The first kappa shape index (κ1) is 18.9. The van der Waals surface area contributed by atoms with Gasteiger partial charge in [-0.1, -0.05) is 19.8 Å². The van der Waals surface area contributed by atoms with Crippen molar-refractivity contribution in [3.8, 4) is 0 Å². The molecule has 0 rings (SSSR count). The Morgan fingerprint density at radius 3 is 2.25 bits per heavy atom. The van der Waals surface area contributed by atoms with Crippen LogP contribution >= 0.6 is 0 Å². The predicted molar refractivity (Wildman–Crippen MR) is 73.1 cm³/mol. The lowest BCUT2D eigenvalue weighted by molar-refractivity contribution is -0.179. The molecule has 118 valence electrons. The minimum Gasteiger partial charge on any atom is -0.462 e. The molecule has 0 N–H and O–H groups in total. The van der Waals surface area contributed by atoms with E-state index in [0.29, 0.717) is 13.0 Å². The zero-order valence-corrected chi connectivity index (χ0v) is 12.8. The van der Waals surface area contributed by atoms with Crippen molar-refractivity contribution in [3.63, 3.8) is 0 Å². The van der Waals surface area contributed by atoms with Gasteiger partial charge in [-0.25, -0.2) is 0 Å². The molecule has 0 bridgehead atoms. The maximum atomic E-state index is 11.5. The summed E-state index contributed by atoms with van der Waals surface area (Å²) in [6, 6.07) is 0. The molecule has 0 aliphatic heterocycles. The second kappa shape index (κ2) is 11.7. The first-order valence-corrected chi connectivity index (χ1v) is 6.94. The number of unbranched alkanes of at least 4 members (excludes halogenated alkanes) is 1.